The third-order valence-corrected chi connectivity index (χ3v) is 4.46. The molecule has 25 heavy (non-hydrogen) atoms. The summed E-state index contributed by atoms with van der Waals surface area (Å²) in [5.74, 6) is 0.335. The third-order valence-electron chi connectivity index (χ3n) is 4.18. The Morgan fingerprint density at radius 2 is 2.36 bits per heavy atom. The van der Waals surface area contributed by atoms with E-state index >= 15 is 0 Å². The van der Waals surface area contributed by atoms with Gasteiger partial charge >= 0.3 is 0 Å². The molecule has 1 aliphatic rings. The van der Waals surface area contributed by atoms with Crippen LogP contribution in [0, 0.1) is 11.3 Å². The monoisotopic (exact) mass is 359 g/mol. The molecule has 7 nitrogen and oxygen atoms in total. The maximum Gasteiger partial charge on any atom is 0.271 e. The fraction of sp³-hybridized carbons (Fsp3) is 0.412. The average Bonchev–Trinajstić information content (AvgIpc) is 3.24. The number of nitrogens with one attached hydrogen (secondary N) is 1. The molecule has 0 aliphatic heterocycles. The molecule has 2 heterocycles. The Hall–Kier alpha value is -2.59. The molecule has 2 atom stereocenters. The number of hydrogen-bond donors (Lipinski definition) is 1. The Morgan fingerprint density at radius 3 is 3.04 bits per heavy atom. The molecule has 1 fully saturated rings. The highest BCUT2D eigenvalue weighted by Gasteiger charge is 2.31. The summed E-state index contributed by atoms with van der Waals surface area (Å²) in [5.41, 5.74) is 0.432. The van der Waals surface area contributed by atoms with E-state index in [-0.39, 0.29) is 28.8 Å². The molecular weight excluding hydrogens is 342 g/mol. The van der Waals surface area contributed by atoms with Crippen LogP contribution in [0.15, 0.2) is 24.7 Å². The van der Waals surface area contributed by atoms with E-state index in [1.165, 1.54) is 12.3 Å². The molecule has 3 rings (SSSR count). The van der Waals surface area contributed by atoms with Crippen molar-refractivity contribution >= 4 is 17.5 Å². The van der Waals surface area contributed by atoms with Crippen LogP contribution in [-0.4, -0.2) is 32.8 Å². The van der Waals surface area contributed by atoms with Gasteiger partial charge in [0.15, 0.2) is 5.75 Å². The molecule has 2 aromatic heterocycles. The average molecular weight is 360 g/mol. The number of rotatable bonds is 5. The quantitative estimate of drug-likeness (QED) is 0.885. The number of aromatic nitrogens is 3. The van der Waals surface area contributed by atoms with Crippen LogP contribution in [0.5, 0.6) is 5.75 Å². The number of pyridine rings is 1. The second-order valence-electron chi connectivity index (χ2n) is 5.87. The van der Waals surface area contributed by atoms with E-state index in [1.54, 1.807) is 10.9 Å². The largest absolute Gasteiger partial charge is 0.485 e. The number of carbonyl (C=O) groups is 1. The van der Waals surface area contributed by atoms with Gasteiger partial charge in [0.1, 0.15) is 17.9 Å². The smallest absolute Gasteiger partial charge is 0.271 e. The van der Waals surface area contributed by atoms with Gasteiger partial charge in [0.05, 0.1) is 29.0 Å². The lowest BCUT2D eigenvalue weighted by atomic mass is 10.2. The van der Waals surface area contributed by atoms with Crippen molar-refractivity contribution in [2.45, 2.75) is 44.9 Å². The first-order valence-electron chi connectivity index (χ1n) is 8.16. The molecule has 1 saturated carbocycles. The second-order valence-corrected chi connectivity index (χ2v) is 6.27. The molecule has 0 saturated heterocycles. The molecule has 1 aliphatic carbocycles. The number of halogens is 1. The normalized spacial score (nSPS) is 19.4. The van der Waals surface area contributed by atoms with Crippen molar-refractivity contribution in [2.75, 3.05) is 0 Å². The molecule has 0 bridgehead atoms. The van der Waals surface area contributed by atoms with Gasteiger partial charge in [-0.2, -0.15) is 10.4 Å². The fourth-order valence-corrected chi connectivity index (χ4v) is 3.14. The summed E-state index contributed by atoms with van der Waals surface area (Å²) in [7, 11) is 0. The summed E-state index contributed by atoms with van der Waals surface area (Å²) >= 11 is 6.06. The second kappa shape index (κ2) is 7.53. The topological polar surface area (TPSA) is 92.8 Å². The van der Waals surface area contributed by atoms with Gasteiger partial charge in [0.25, 0.3) is 5.91 Å². The molecule has 0 aromatic carbocycles. The highest BCUT2D eigenvalue weighted by molar-refractivity contribution is 6.33. The first kappa shape index (κ1) is 17.2. The van der Waals surface area contributed by atoms with E-state index in [4.69, 9.17) is 21.6 Å². The fourth-order valence-electron chi connectivity index (χ4n) is 2.89. The van der Waals surface area contributed by atoms with Crippen LogP contribution < -0.4 is 10.1 Å². The number of nitriles is 1. The van der Waals surface area contributed by atoms with Crippen molar-refractivity contribution < 1.29 is 9.53 Å². The number of nitrogens with zero attached hydrogens (tertiary/aromatic N) is 4. The van der Waals surface area contributed by atoms with Gasteiger partial charge in [0.2, 0.25) is 0 Å². The lowest BCUT2D eigenvalue weighted by Crippen LogP contribution is -2.42. The van der Waals surface area contributed by atoms with Gasteiger partial charge in [-0.15, -0.1) is 0 Å². The van der Waals surface area contributed by atoms with E-state index in [1.807, 2.05) is 19.2 Å². The van der Waals surface area contributed by atoms with Gasteiger partial charge in [-0.1, -0.05) is 11.6 Å². The Morgan fingerprint density at radius 1 is 1.52 bits per heavy atom. The molecule has 1 amide bonds. The van der Waals surface area contributed by atoms with E-state index in [0.717, 1.165) is 25.8 Å². The summed E-state index contributed by atoms with van der Waals surface area (Å²) in [6.45, 7) is 2.78. The molecular formula is C17H18ClN5O2. The predicted octanol–water partition coefficient (Wildman–Crippen LogP) is 2.55. The van der Waals surface area contributed by atoms with Crippen LogP contribution in [-0.2, 0) is 6.54 Å². The van der Waals surface area contributed by atoms with Crippen LogP contribution in [0.2, 0.25) is 5.02 Å². The minimum Gasteiger partial charge on any atom is -0.485 e. The Bertz CT molecular complexity index is 814. The number of hydrogen-bond acceptors (Lipinski definition) is 5. The lowest BCUT2D eigenvalue weighted by molar-refractivity contribution is 0.0889. The zero-order valence-electron chi connectivity index (χ0n) is 13.8. The van der Waals surface area contributed by atoms with Crippen LogP contribution >= 0.6 is 11.6 Å². The van der Waals surface area contributed by atoms with Crippen molar-refractivity contribution in [3.63, 3.8) is 0 Å². The first-order chi connectivity index (χ1) is 12.1. The zero-order valence-corrected chi connectivity index (χ0v) is 14.5. The Kier molecular flexibility index (Phi) is 5.19. The summed E-state index contributed by atoms with van der Waals surface area (Å²) in [6.07, 6.45) is 7.39. The Balaban J connectivity index is 1.66. The summed E-state index contributed by atoms with van der Waals surface area (Å²) < 4.78 is 7.77. The van der Waals surface area contributed by atoms with Gasteiger partial charge < -0.3 is 10.1 Å². The maximum atomic E-state index is 12.5. The zero-order chi connectivity index (χ0) is 17.8. The molecule has 0 radical (unpaired) electrons. The van der Waals surface area contributed by atoms with Crippen molar-refractivity contribution in [2.24, 2.45) is 0 Å². The summed E-state index contributed by atoms with van der Waals surface area (Å²) in [5, 5.41) is 16.1. The number of carbonyl (C=O) groups excluding carboxylic acids is 1. The summed E-state index contributed by atoms with van der Waals surface area (Å²) in [4.78, 5) is 16.5. The number of aryl methyl sites for hydroxylation is 1. The predicted molar refractivity (Wildman–Crippen MR) is 91.4 cm³/mol. The molecule has 0 unspecified atom stereocenters. The van der Waals surface area contributed by atoms with Crippen molar-refractivity contribution in [1.29, 1.82) is 5.26 Å². The molecule has 130 valence electrons. The van der Waals surface area contributed by atoms with E-state index in [9.17, 15) is 4.79 Å². The SMILES string of the molecule is CCn1cc(O[C@@H]2CCC[C@@H]2NC(=O)c2ncc(C#N)cc2Cl)cn1. The van der Waals surface area contributed by atoms with Gasteiger partial charge in [-0.25, -0.2) is 4.98 Å². The molecule has 1 N–H and O–H groups in total. The molecule has 2 aromatic rings. The standard InChI is InChI=1S/C17H18ClN5O2/c1-2-23-10-12(9-21-23)25-15-5-3-4-14(15)22-17(24)16-13(18)6-11(7-19)8-20-16/h6,8-10,14-15H,2-5H2,1H3,(H,22,24)/t14-,15+/m0/s1. The van der Waals surface area contributed by atoms with Crippen LogP contribution in [0.4, 0.5) is 0 Å². The number of amides is 1. The van der Waals surface area contributed by atoms with Crippen molar-refractivity contribution in [3.8, 4) is 11.8 Å². The first-order valence-corrected chi connectivity index (χ1v) is 8.54. The summed E-state index contributed by atoms with van der Waals surface area (Å²) in [6, 6.07) is 3.26. The van der Waals surface area contributed by atoms with E-state index in [0.29, 0.717) is 11.3 Å². The highest BCUT2D eigenvalue weighted by atomic mass is 35.5. The number of ether oxygens (including phenoxy) is 1. The van der Waals surface area contributed by atoms with E-state index < -0.39 is 0 Å². The minimum atomic E-state index is -0.362. The van der Waals surface area contributed by atoms with Crippen LogP contribution in [0.3, 0.4) is 0 Å². The van der Waals surface area contributed by atoms with Crippen molar-refractivity contribution in [1.82, 2.24) is 20.1 Å². The van der Waals surface area contributed by atoms with E-state index in [2.05, 4.69) is 15.4 Å². The van der Waals surface area contributed by atoms with Crippen LogP contribution in [0.25, 0.3) is 0 Å². The minimum absolute atomic E-state index is 0.115. The van der Waals surface area contributed by atoms with Crippen molar-refractivity contribution in [3.05, 3.63) is 40.9 Å². The molecule has 8 heteroatoms. The molecule has 0 spiro atoms. The van der Waals surface area contributed by atoms with Crippen LogP contribution in [0.1, 0.15) is 42.2 Å². The van der Waals surface area contributed by atoms with Gasteiger partial charge in [-0.3, -0.25) is 9.48 Å². The lowest BCUT2D eigenvalue weighted by Gasteiger charge is -2.21. The third kappa shape index (κ3) is 3.91. The van der Waals surface area contributed by atoms with Gasteiger partial charge in [0, 0.05) is 12.7 Å². The maximum absolute atomic E-state index is 12.5. The van der Waals surface area contributed by atoms with Gasteiger partial charge in [-0.05, 0) is 32.3 Å². The highest BCUT2D eigenvalue weighted by Crippen LogP contribution is 2.25. The Labute approximate surface area is 150 Å².